The van der Waals surface area contributed by atoms with E-state index < -0.39 is 0 Å². The first-order valence-electron chi connectivity index (χ1n) is 1.17. The molecule has 1 nitrogen and oxygen atoms in total. The van der Waals surface area contributed by atoms with Crippen molar-refractivity contribution in [2.24, 2.45) is 0 Å². The zero-order valence-corrected chi connectivity index (χ0v) is 3.65. The Morgan fingerprint density at radius 3 is 2.25 bits per heavy atom. The molecule has 4 heavy (non-hydrogen) atoms. The summed E-state index contributed by atoms with van der Waals surface area (Å²) in [4.78, 5) is 0. The van der Waals surface area contributed by atoms with Gasteiger partial charge in [-0.3, -0.25) is 0 Å². The highest BCUT2D eigenvalue weighted by Gasteiger charge is 1.63. The van der Waals surface area contributed by atoms with Crippen LogP contribution in [0.25, 0.3) is 0 Å². The van der Waals surface area contributed by atoms with Crippen LogP contribution in [0, 0.1) is 0 Å². The summed E-state index contributed by atoms with van der Waals surface area (Å²) >= 11 is 0. The molecule has 0 aliphatic rings. The van der Waals surface area contributed by atoms with E-state index in [1.54, 1.807) is 0 Å². The van der Waals surface area contributed by atoms with E-state index in [9.17, 15) is 0 Å². The van der Waals surface area contributed by atoms with Gasteiger partial charge in [0.1, 0.15) is 0 Å². The van der Waals surface area contributed by atoms with Gasteiger partial charge in [0.05, 0.1) is 0 Å². The van der Waals surface area contributed by atoms with Gasteiger partial charge in [-0.2, -0.15) is 0 Å². The van der Waals surface area contributed by atoms with Crippen molar-refractivity contribution < 1.29 is 5.02 Å². The summed E-state index contributed by atoms with van der Waals surface area (Å²) < 4.78 is 0. The Balaban J connectivity index is 1.97. The van der Waals surface area contributed by atoms with Gasteiger partial charge >= 0.3 is 0 Å². The SMILES string of the molecule is CPBO. The normalized spacial score (nSPS) is 9.50. The van der Waals surface area contributed by atoms with E-state index >= 15 is 0 Å². The second-order valence-corrected chi connectivity index (χ2v) is 1.54. The molecule has 1 unspecified atom stereocenters. The summed E-state index contributed by atoms with van der Waals surface area (Å²) in [6.07, 6.45) is 0. The first-order valence-corrected chi connectivity index (χ1v) is 2.88. The van der Waals surface area contributed by atoms with Crippen LogP contribution in [0.5, 0.6) is 0 Å². The molecule has 0 radical (unpaired) electrons. The summed E-state index contributed by atoms with van der Waals surface area (Å²) in [7, 11) is 1.04. The number of rotatable bonds is 1. The standard InChI is InChI=1S/CH6BOP/c1-4-2-3/h2-4H,1H3. The fraction of sp³-hybridized carbons (Fsp3) is 1.00. The highest BCUT2D eigenvalue weighted by molar-refractivity contribution is 7.68. The lowest BCUT2D eigenvalue weighted by atomic mass is 10.6. The quantitative estimate of drug-likeness (QED) is 0.331. The molecule has 0 heterocycles. The van der Waals surface area contributed by atoms with Crippen LogP contribution in [0.2, 0.25) is 0 Å². The molecular formula is CH6BOP. The minimum Gasteiger partial charge on any atom is -0.449 e. The monoisotopic (exact) mass is 76.0 g/mol. The molecule has 0 aliphatic carbocycles. The van der Waals surface area contributed by atoms with E-state index in [1.807, 2.05) is 6.66 Å². The summed E-state index contributed by atoms with van der Waals surface area (Å²) in [5.41, 5.74) is 0. The zero-order valence-electron chi connectivity index (χ0n) is 2.65. The average molecular weight is 75.8 g/mol. The molecule has 0 rings (SSSR count). The van der Waals surface area contributed by atoms with Gasteiger partial charge in [-0.05, 0) is 0 Å². The molecule has 0 bridgehead atoms. The largest absolute Gasteiger partial charge is 0.449 e. The molecule has 0 fully saturated rings. The van der Waals surface area contributed by atoms with Crippen molar-refractivity contribution in [3.05, 3.63) is 0 Å². The summed E-state index contributed by atoms with van der Waals surface area (Å²) in [6, 6.07) is 0. The summed E-state index contributed by atoms with van der Waals surface area (Å²) in [5.74, 6) is 0. The smallest absolute Gasteiger partial charge is 0.296 e. The molecule has 24 valence electrons. The van der Waals surface area contributed by atoms with E-state index in [-0.39, 0.29) is 0 Å². The van der Waals surface area contributed by atoms with Crippen LogP contribution in [0.3, 0.4) is 0 Å². The maximum Gasteiger partial charge on any atom is 0.296 e. The fourth-order valence-corrected chi connectivity index (χ4v) is 0. The van der Waals surface area contributed by atoms with Crippen LogP contribution in [-0.4, -0.2) is 18.9 Å². The highest BCUT2D eigenvalue weighted by Crippen LogP contribution is 1.89. The molecule has 0 spiro atoms. The maximum absolute atomic E-state index is 7.89. The lowest BCUT2D eigenvalue weighted by Gasteiger charge is -1.65. The average Bonchev–Trinajstić information content (AvgIpc) is 1.37. The summed E-state index contributed by atoms with van der Waals surface area (Å²) in [6.45, 7) is 1.96. The van der Waals surface area contributed by atoms with Crippen molar-refractivity contribution >= 4 is 15.7 Å². The molecule has 0 aromatic heterocycles. The molecule has 0 aromatic rings. The van der Waals surface area contributed by atoms with Crippen LogP contribution in [0.15, 0.2) is 0 Å². The first kappa shape index (κ1) is 4.45. The predicted octanol–water partition coefficient (Wildman–Crippen LogP) is -0.447. The van der Waals surface area contributed by atoms with Crippen molar-refractivity contribution in [1.29, 1.82) is 0 Å². The highest BCUT2D eigenvalue weighted by atomic mass is 31.1. The second-order valence-electron chi connectivity index (χ2n) is 0.512. The first-order chi connectivity index (χ1) is 1.91. The summed E-state index contributed by atoms with van der Waals surface area (Å²) in [5, 5.41) is 7.89. The van der Waals surface area contributed by atoms with Gasteiger partial charge in [-0.15, -0.1) is 8.46 Å². The van der Waals surface area contributed by atoms with Gasteiger partial charge < -0.3 is 5.02 Å². The molecule has 3 heteroatoms. The molecule has 0 saturated heterocycles. The topological polar surface area (TPSA) is 20.2 Å². The van der Waals surface area contributed by atoms with Crippen molar-refractivity contribution in [3.8, 4) is 0 Å². The third-order valence-corrected chi connectivity index (χ3v) is 0.474. The molecular weight excluding hydrogens is 69.8 g/mol. The second kappa shape index (κ2) is 3.45. The van der Waals surface area contributed by atoms with Gasteiger partial charge in [-0.25, -0.2) is 0 Å². The van der Waals surface area contributed by atoms with Gasteiger partial charge in [-0.1, -0.05) is 6.66 Å². The Morgan fingerprint density at radius 1 is 2.00 bits per heavy atom. The number of hydrogen-bond donors (Lipinski definition) is 1. The number of hydrogen-bond acceptors (Lipinski definition) is 1. The molecule has 0 aromatic carbocycles. The van der Waals surface area contributed by atoms with Crippen LogP contribution >= 0.6 is 8.46 Å². The van der Waals surface area contributed by atoms with E-state index in [0.717, 1.165) is 0 Å². The lowest BCUT2D eigenvalue weighted by Crippen LogP contribution is -1.66. The Hall–Kier alpha value is 0.455. The molecule has 1 atom stereocenters. The van der Waals surface area contributed by atoms with Crippen LogP contribution in [0.1, 0.15) is 0 Å². The van der Waals surface area contributed by atoms with E-state index in [0.29, 0.717) is 15.7 Å². The van der Waals surface area contributed by atoms with Gasteiger partial charge in [0.15, 0.2) is 0 Å². The lowest BCUT2D eigenvalue weighted by molar-refractivity contribution is 0.622. The van der Waals surface area contributed by atoms with Crippen molar-refractivity contribution in [2.75, 3.05) is 6.66 Å². The minimum absolute atomic E-state index is 0.347. The van der Waals surface area contributed by atoms with Crippen LogP contribution < -0.4 is 0 Å². The Morgan fingerprint density at radius 2 is 2.25 bits per heavy atom. The van der Waals surface area contributed by atoms with Crippen LogP contribution in [-0.2, 0) is 0 Å². The Labute approximate surface area is 28.4 Å². The van der Waals surface area contributed by atoms with E-state index in [2.05, 4.69) is 0 Å². The third-order valence-electron chi connectivity index (χ3n) is 0.158. The maximum atomic E-state index is 7.89. The molecule has 0 amide bonds. The van der Waals surface area contributed by atoms with Gasteiger partial charge in [0.2, 0.25) is 0 Å². The van der Waals surface area contributed by atoms with E-state index in [4.69, 9.17) is 5.02 Å². The minimum atomic E-state index is 0.347. The Kier molecular flexibility index (Phi) is 3.85. The predicted molar refractivity (Wildman–Crippen MR) is 23.6 cm³/mol. The van der Waals surface area contributed by atoms with Crippen molar-refractivity contribution in [1.82, 2.24) is 0 Å². The van der Waals surface area contributed by atoms with E-state index in [1.165, 1.54) is 0 Å². The zero-order chi connectivity index (χ0) is 3.41. The Bertz CT molecular complexity index is 10.0. The molecule has 0 saturated carbocycles. The van der Waals surface area contributed by atoms with Crippen LogP contribution in [0.4, 0.5) is 0 Å². The van der Waals surface area contributed by atoms with Crippen molar-refractivity contribution in [3.63, 3.8) is 0 Å². The fourth-order valence-electron chi connectivity index (χ4n) is 0. The van der Waals surface area contributed by atoms with Crippen molar-refractivity contribution in [2.45, 2.75) is 0 Å². The van der Waals surface area contributed by atoms with Gasteiger partial charge in [0.25, 0.3) is 7.20 Å². The molecule has 1 N–H and O–H groups in total. The van der Waals surface area contributed by atoms with Gasteiger partial charge in [0, 0.05) is 0 Å². The third kappa shape index (κ3) is 2.45. The molecule has 0 aliphatic heterocycles.